The summed E-state index contributed by atoms with van der Waals surface area (Å²) in [5.41, 5.74) is 3.58. The molecule has 48 heavy (non-hydrogen) atoms. The van der Waals surface area contributed by atoms with Gasteiger partial charge in [-0.05, 0) is 111 Å². The molecule has 2 aromatic heterocycles. The summed E-state index contributed by atoms with van der Waals surface area (Å²) in [4.78, 5) is 41.3. The first-order chi connectivity index (χ1) is 23.0. The molecule has 0 spiro atoms. The minimum atomic E-state index is -0.205. The number of aryl methyl sites for hydroxylation is 1. The number of anilines is 1. The van der Waals surface area contributed by atoms with Gasteiger partial charge in [0, 0.05) is 43.4 Å². The third-order valence-electron chi connectivity index (χ3n) is 10.5. The number of hydrogen-bond donors (Lipinski definition) is 0. The van der Waals surface area contributed by atoms with Crippen LogP contribution in [-0.2, 0) is 14.9 Å². The fraction of sp³-hybridized carbons (Fsp3) is 0.590. The predicted molar refractivity (Wildman–Crippen MR) is 192 cm³/mol. The number of thiazole rings is 1. The van der Waals surface area contributed by atoms with Crippen molar-refractivity contribution in [2.24, 2.45) is 17.8 Å². The van der Waals surface area contributed by atoms with Gasteiger partial charge < -0.3 is 14.4 Å². The second-order valence-corrected chi connectivity index (χ2v) is 16.5. The minimum Gasteiger partial charge on any atom is -0.496 e. The Hall–Kier alpha value is -3.46. The Balaban J connectivity index is 1.16. The number of hydrogen-bond acceptors (Lipinski definition) is 7. The summed E-state index contributed by atoms with van der Waals surface area (Å²) < 4.78 is 11.3. The third-order valence-corrected chi connectivity index (χ3v) is 12.0. The third kappa shape index (κ3) is 7.88. The number of rotatable bonds is 8. The molecule has 1 aliphatic heterocycles. The van der Waals surface area contributed by atoms with Gasteiger partial charge in [-0.15, -0.1) is 11.3 Å². The summed E-state index contributed by atoms with van der Waals surface area (Å²) in [6, 6.07) is 10.7. The van der Waals surface area contributed by atoms with Crippen LogP contribution in [0.2, 0.25) is 0 Å². The molecule has 6 rings (SSSR count). The maximum atomic E-state index is 14.4. The van der Waals surface area contributed by atoms with Crippen molar-refractivity contribution < 1.29 is 19.1 Å². The highest BCUT2D eigenvalue weighted by molar-refractivity contribution is 7.15. The smallest absolute Gasteiger partial charge is 0.410 e. The number of likely N-dealkylation sites (tertiary alicyclic amines) is 1. The van der Waals surface area contributed by atoms with Crippen LogP contribution in [0.5, 0.6) is 5.75 Å². The van der Waals surface area contributed by atoms with Crippen LogP contribution in [0, 0.1) is 24.7 Å². The van der Waals surface area contributed by atoms with Crippen molar-refractivity contribution in [2.75, 3.05) is 31.6 Å². The number of benzene rings is 1. The molecule has 1 saturated heterocycles. The van der Waals surface area contributed by atoms with E-state index in [1.807, 2.05) is 23.4 Å². The molecule has 0 N–H and O–H groups in total. The summed E-state index contributed by atoms with van der Waals surface area (Å²) in [5, 5.41) is 1.09. The van der Waals surface area contributed by atoms with E-state index >= 15 is 0 Å². The van der Waals surface area contributed by atoms with Gasteiger partial charge in [-0.25, -0.2) is 14.8 Å². The zero-order chi connectivity index (χ0) is 34.0. The SMILES string of the molecule is COc1ccc(C2CCC(CN(C(=O)C3CCC(OC(=O)N4CC(C)C4)CC3)c3cc(-c4cnc(C(C)(C)C)s4)ccn3)CC2)cc1C. The highest BCUT2D eigenvalue weighted by atomic mass is 32.1. The van der Waals surface area contributed by atoms with Crippen LogP contribution >= 0.6 is 11.3 Å². The highest BCUT2D eigenvalue weighted by Gasteiger charge is 2.36. The topological polar surface area (TPSA) is 84.9 Å². The summed E-state index contributed by atoms with van der Waals surface area (Å²) in [6.07, 6.45) is 10.7. The Morgan fingerprint density at radius 2 is 1.71 bits per heavy atom. The molecule has 2 saturated carbocycles. The number of methoxy groups -OCH3 is 1. The van der Waals surface area contributed by atoms with Crippen LogP contribution in [-0.4, -0.2) is 59.7 Å². The molecule has 3 aromatic rings. The normalized spacial score (nSPS) is 23.3. The van der Waals surface area contributed by atoms with Crippen LogP contribution in [0.25, 0.3) is 10.4 Å². The van der Waals surface area contributed by atoms with Crippen LogP contribution in [0.4, 0.5) is 10.6 Å². The summed E-state index contributed by atoms with van der Waals surface area (Å²) in [5.74, 6) is 3.16. The lowest BCUT2D eigenvalue weighted by Gasteiger charge is -2.38. The van der Waals surface area contributed by atoms with Gasteiger partial charge in [0.25, 0.3) is 0 Å². The summed E-state index contributed by atoms with van der Waals surface area (Å²) in [6.45, 7) is 13.0. The van der Waals surface area contributed by atoms with Crippen molar-refractivity contribution >= 4 is 29.2 Å². The maximum Gasteiger partial charge on any atom is 0.410 e. The average Bonchev–Trinajstić information content (AvgIpc) is 3.58. The molecule has 9 heteroatoms. The molecule has 3 heterocycles. The lowest BCUT2D eigenvalue weighted by atomic mass is 9.78. The second-order valence-electron chi connectivity index (χ2n) is 15.4. The summed E-state index contributed by atoms with van der Waals surface area (Å²) in [7, 11) is 1.72. The zero-order valence-electron chi connectivity index (χ0n) is 29.5. The van der Waals surface area contributed by atoms with E-state index in [9.17, 15) is 9.59 Å². The van der Waals surface area contributed by atoms with Crippen molar-refractivity contribution in [3.63, 3.8) is 0 Å². The van der Waals surface area contributed by atoms with Gasteiger partial charge in [-0.1, -0.05) is 39.8 Å². The van der Waals surface area contributed by atoms with Gasteiger partial charge in [0.1, 0.15) is 17.7 Å². The molecule has 3 aliphatic rings. The van der Waals surface area contributed by atoms with Gasteiger partial charge in [0.05, 0.1) is 17.0 Å². The molecule has 0 unspecified atom stereocenters. The Labute approximate surface area is 290 Å². The van der Waals surface area contributed by atoms with Crippen molar-refractivity contribution in [3.8, 4) is 16.2 Å². The number of amides is 2. The van der Waals surface area contributed by atoms with Gasteiger partial charge in [-0.2, -0.15) is 0 Å². The van der Waals surface area contributed by atoms with E-state index in [4.69, 9.17) is 19.4 Å². The first-order valence-electron chi connectivity index (χ1n) is 17.8. The largest absolute Gasteiger partial charge is 0.496 e. The second kappa shape index (κ2) is 14.6. The van der Waals surface area contributed by atoms with Crippen molar-refractivity contribution in [1.29, 1.82) is 0 Å². The molecule has 2 aliphatic carbocycles. The molecule has 0 bridgehead atoms. The number of pyridine rings is 1. The first kappa shape index (κ1) is 34.4. The maximum absolute atomic E-state index is 14.4. The lowest BCUT2D eigenvalue weighted by Crippen LogP contribution is -2.50. The summed E-state index contributed by atoms with van der Waals surface area (Å²) >= 11 is 1.70. The molecule has 2 amide bonds. The van der Waals surface area contributed by atoms with E-state index in [0.717, 1.165) is 91.5 Å². The zero-order valence-corrected chi connectivity index (χ0v) is 30.4. The average molecular weight is 673 g/mol. The predicted octanol–water partition coefficient (Wildman–Crippen LogP) is 8.77. The standard InChI is InChI=1S/C39H52N4O4S/c1-25-22-42(23-25)38(45)47-32-14-11-29(12-15-32)36(44)43(35-20-31(17-18-40-35)34-21-41-37(48-34)39(3,4)5)24-27-7-9-28(10-8-27)30-13-16-33(46-6)26(2)19-30/h13,16-21,25,27-29,32H,7-12,14-15,22-24H2,1-6H3. The molecule has 8 nitrogen and oxygen atoms in total. The Morgan fingerprint density at radius 3 is 2.33 bits per heavy atom. The number of carbonyl (C=O) groups is 2. The molecule has 0 atom stereocenters. The highest BCUT2D eigenvalue weighted by Crippen LogP contribution is 2.40. The fourth-order valence-electron chi connectivity index (χ4n) is 7.58. The minimum absolute atomic E-state index is 0.0228. The number of nitrogens with zero attached hydrogens (tertiary/aromatic N) is 4. The van der Waals surface area contributed by atoms with E-state index in [1.165, 1.54) is 11.1 Å². The number of aromatic nitrogens is 2. The van der Waals surface area contributed by atoms with Crippen molar-refractivity contribution in [2.45, 2.75) is 103 Å². The van der Waals surface area contributed by atoms with Crippen LogP contribution in [0.1, 0.15) is 101 Å². The van der Waals surface area contributed by atoms with Gasteiger partial charge in [0.2, 0.25) is 5.91 Å². The molecule has 0 radical (unpaired) electrons. The van der Waals surface area contributed by atoms with E-state index < -0.39 is 0 Å². The van der Waals surface area contributed by atoms with Crippen molar-refractivity contribution in [1.82, 2.24) is 14.9 Å². The monoisotopic (exact) mass is 672 g/mol. The van der Waals surface area contributed by atoms with Crippen LogP contribution < -0.4 is 9.64 Å². The van der Waals surface area contributed by atoms with E-state index in [2.05, 4.69) is 58.9 Å². The van der Waals surface area contributed by atoms with Crippen LogP contribution in [0.15, 0.2) is 42.7 Å². The molecule has 1 aromatic carbocycles. The molecule has 258 valence electrons. The number of ether oxygens (including phenoxy) is 2. The van der Waals surface area contributed by atoms with Crippen molar-refractivity contribution in [3.05, 3.63) is 58.9 Å². The quantitative estimate of drug-likeness (QED) is 0.238. The fourth-order valence-corrected chi connectivity index (χ4v) is 8.55. The Morgan fingerprint density at radius 1 is 0.979 bits per heavy atom. The van der Waals surface area contributed by atoms with Gasteiger partial charge >= 0.3 is 6.09 Å². The van der Waals surface area contributed by atoms with E-state index in [1.54, 1.807) is 23.3 Å². The first-order valence-corrected chi connectivity index (χ1v) is 18.6. The van der Waals surface area contributed by atoms with Gasteiger partial charge in [0.15, 0.2) is 0 Å². The molecular formula is C39H52N4O4S. The Kier molecular flexibility index (Phi) is 10.4. The van der Waals surface area contributed by atoms with Gasteiger partial charge in [-0.3, -0.25) is 9.69 Å². The van der Waals surface area contributed by atoms with E-state index in [0.29, 0.717) is 24.3 Å². The van der Waals surface area contributed by atoms with E-state index in [-0.39, 0.29) is 29.4 Å². The Bertz CT molecular complexity index is 1580. The van der Waals surface area contributed by atoms with Crippen LogP contribution in [0.3, 0.4) is 0 Å². The molecular weight excluding hydrogens is 621 g/mol. The lowest BCUT2D eigenvalue weighted by molar-refractivity contribution is -0.124. The molecule has 3 fully saturated rings. The number of carbonyl (C=O) groups excluding carboxylic acids is 2.